The molecule has 3 amide bonds. The first-order valence-electron chi connectivity index (χ1n) is 8.54. The molecule has 1 aliphatic rings. The number of phenolic OH excluding ortho intramolecular Hbond substituents is 1. The van der Waals surface area contributed by atoms with Crippen molar-refractivity contribution in [2.45, 2.75) is 13.5 Å². The van der Waals surface area contributed by atoms with E-state index < -0.39 is 28.4 Å². The first-order valence-corrected chi connectivity index (χ1v) is 8.54. The number of nitro benzene ring substituents is 1. The van der Waals surface area contributed by atoms with Crippen molar-refractivity contribution in [1.82, 2.24) is 10.2 Å². The Bertz CT molecular complexity index is 1040. The fraction of sp³-hybridized carbons (Fsp3) is 0.158. The van der Waals surface area contributed by atoms with E-state index in [-0.39, 0.29) is 41.4 Å². The van der Waals surface area contributed by atoms with Gasteiger partial charge < -0.3 is 15.2 Å². The van der Waals surface area contributed by atoms with Crippen LogP contribution in [0, 0.1) is 15.9 Å². The third kappa shape index (κ3) is 4.00. The van der Waals surface area contributed by atoms with Gasteiger partial charge in [0.25, 0.3) is 11.6 Å². The minimum atomic E-state index is -0.778. The van der Waals surface area contributed by atoms with Crippen LogP contribution in [-0.4, -0.2) is 33.5 Å². The molecule has 1 heterocycles. The van der Waals surface area contributed by atoms with Crippen LogP contribution in [0.1, 0.15) is 18.1 Å². The molecular formula is C19H16FN3O6. The normalized spacial score (nSPS) is 15.0. The van der Waals surface area contributed by atoms with Gasteiger partial charge >= 0.3 is 6.03 Å². The molecule has 0 unspecified atom stereocenters. The lowest BCUT2D eigenvalue weighted by atomic mass is 10.1. The Hall–Kier alpha value is -3.95. The van der Waals surface area contributed by atoms with E-state index in [0.29, 0.717) is 0 Å². The molecule has 0 atom stereocenters. The maximum absolute atomic E-state index is 13.8. The van der Waals surface area contributed by atoms with Gasteiger partial charge in [-0.25, -0.2) is 9.18 Å². The molecule has 0 saturated carbocycles. The van der Waals surface area contributed by atoms with E-state index in [1.807, 2.05) is 0 Å². The molecule has 1 fully saturated rings. The highest BCUT2D eigenvalue weighted by Gasteiger charge is 2.34. The highest BCUT2D eigenvalue weighted by Crippen LogP contribution is 2.36. The summed E-state index contributed by atoms with van der Waals surface area (Å²) in [5, 5.41) is 23.7. The van der Waals surface area contributed by atoms with Crippen LogP contribution in [0.3, 0.4) is 0 Å². The van der Waals surface area contributed by atoms with Gasteiger partial charge in [0.1, 0.15) is 11.5 Å². The van der Waals surface area contributed by atoms with E-state index in [9.17, 15) is 29.2 Å². The van der Waals surface area contributed by atoms with Crippen LogP contribution in [-0.2, 0) is 11.3 Å². The molecule has 1 aliphatic heterocycles. The number of rotatable bonds is 6. The largest absolute Gasteiger partial charge is 0.504 e. The lowest BCUT2D eigenvalue weighted by Gasteiger charge is -2.12. The molecule has 2 aromatic rings. The number of nitrogens with zero attached hydrogens (tertiary/aromatic N) is 2. The van der Waals surface area contributed by atoms with Crippen molar-refractivity contribution in [2.75, 3.05) is 6.61 Å². The summed E-state index contributed by atoms with van der Waals surface area (Å²) in [4.78, 5) is 36.0. The number of amides is 3. The number of carbonyl (C=O) groups is 2. The summed E-state index contributed by atoms with van der Waals surface area (Å²) in [6.07, 6.45) is 1.10. The highest BCUT2D eigenvalue weighted by molar-refractivity contribution is 6.14. The van der Waals surface area contributed by atoms with Crippen molar-refractivity contribution in [3.8, 4) is 11.5 Å². The number of imide groups is 1. The third-order valence-corrected chi connectivity index (χ3v) is 4.15. The van der Waals surface area contributed by atoms with Crippen molar-refractivity contribution in [2.24, 2.45) is 0 Å². The van der Waals surface area contributed by atoms with E-state index in [4.69, 9.17) is 4.74 Å². The number of aromatic hydroxyl groups is 1. The van der Waals surface area contributed by atoms with E-state index in [2.05, 4.69) is 5.32 Å². The summed E-state index contributed by atoms with van der Waals surface area (Å²) in [7, 11) is 0. The summed E-state index contributed by atoms with van der Waals surface area (Å²) in [6, 6.07) is 7.03. The number of phenols is 1. The second kappa shape index (κ2) is 7.97. The fourth-order valence-corrected chi connectivity index (χ4v) is 2.76. The van der Waals surface area contributed by atoms with Gasteiger partial charge in [0.05, 0.1) is 24.1 Å². The number of carbonyl (C=O) groups excluding carboxylic acids is 2. The zero-order valence-corrected chi connectivity index (χ0v) is 15.2. The summed E-state index contributed by atoms with van der Waals surface area (Å²) in [6.45, 7) is 1.49. The second-order valence-electron chi connectivity index (χ2n) is 6.04. The number of ether oxygens (including phenoxy) is 1. The third-order valence-electron chi connectivity index (χ3n) is 4.15. The average Bonchev–Trinajstić information content (AvgIpc) is 2.94. The van der Waals surface area contributed by atoms with Gasteiger partial charge in [0.2, 0.25) is 0 Å². The first-order chi connectivity index (χ1) is 13.8. The summed E-state index contributed by atoms with van der Waals surface area (Å²) < 4.78 is 19.0. The van der Waals surface area contributed by atoms with Crippen molar-refractivity contribution in [3.05, 3.63) is 69.2 Å². The molecule has 0 bridgehead atoms. The van der Waals surface area contributed by atoms with Crippen LogP contribution >= 0.6 is 0 Å². The lowest BCUT2D eigenvalue weighted by molar-refractivity contribution is -0.385. The molecule has 1 saturated heterocycles. The van der Waals surface area contributed by atoms with Crippen molar-refractivity contribution >= 4 is 23.7 Å². The number of non-ortho nitro benzene ring substituents is 1. The molecule has 0 spiro atoms. The lowest BCUT2D eigenvalue weighted by Crippen LogP contribution is -2.30. The molecule has 0 radical (unpaired) electrons. The molecule has 0 aromatic heterocycles. The van der Waals surface area contributed by atoms with Gasteiger partial charge in [-0.2, -0.15) is 0 Å². The van der Waals surface area contributed by atoms with E-state index >= 15 is 0 Å². The summed E-state index contributed by atoms with van der Waals surface area (Å²) in [5.41, 5.74) is -0.518. The number of hydrogen-bond acceptors (Lipinski definition) is 6. The van der Waals surface area contributed by atoms with E-state index in [1.54, 1.807) is 13.0 Å². The van der Waals surface area contributed by atoms with Crippen molar-refractivity contribution in [3.63, 3.8) is 0 Å². The van der Waals surface area contributed by atoms with Crippen LogP contribution in [0.4, 0.5) is 14.9 Å². The Labute approximate surface area is 164 Å². The Morgan fingerprint density at radius 3 is 2.69 bits per heavy atom. The van der Waals surface area contributed by atoms with Crippen LogP contribution in [0.25, 0.3) is 6.08 Å². The smallest absolute Gasteiger partial charge is 0.329 e. The van der Waals surface area contributed by atoms with Crippen LogP contribution in [0.15, 0.2) is 42.1 Å². The predicted octanol–water partition coefficient (Wildman–Crippen LogP) is 2.93. The van der Waals surface area contributed by atoms with Crippen LogP contribution < -0.4 is 10.1 Å². The molecule has 0 aliphatic carbocycles. The van der Waals surface area contributed by atoms with Crippen molar-refractivity contribution in [1.29, 1.82) is 0 Å². The van der Waals surface area contributed by atoms with E-state index in [1.165, 1.54) is 18.2 Å². The number of nitro groups is 1. The standard InChI is InChI=1S/C19H16FN3O6/c1-2-29-16-9-13(23(27)28)7-12(17(16)24)8-15-18(25)22(19(26)21-15)10-11-5-3-4-6-14(11)20/h3-9,24H,2,10H2,1H3,(H,21,26). The van der Waals surface area contributed by atoms with Gasteiger partial charge in [0, 0.05) is 17.2 Å². The zero-order chi connectivity index (χ0) is 21.1. The molecule has 3 rings (SSSR count). The van der Waals surface area contributed by atoms with E-state index in [0.717, 1.165) is 23.1 Å². The zero-order valence-electron chi connectivity index (χ0n) is 15.2. The topological polar surface area (TPSA) is 122 Å². The van der Waals surface area contributed by atoms with Gasteiger partial charge in [-0.3, -0.25) is 19.8 Å². The Morgan fingerprint density at radius 1 is 1.31 bits per heavy atom. The number of urea groups is 1. The highest BCUT2D eigenvalue weighted by atomic mass is 19.1. The average molecular weight is 401 g/mol. The van der Waals surface area contributed by atoms with Gasteiger partial charge in [0.15, 0.2) is 11.5 Å². The van der Waals surface area contributed by atoms with Crippen LogP contribution in [0.5, 0.6) is 11.5 Å². The second-order valence-corrected chi connectivity index (χ2v) is 6.04. The molecule has 150 valence electrons. The van der Waals surface area contributed by atoms with Gasteiger partial charge in [-0.15, -0.1) is 0 Å². The molecule has 10 heteroatoms. The maximum Gasteiger partial charge on any atom is 0.329 e. The molecular weight excluding hydrogens is 385 g/mol. The number of benzene rings is 2. The summed E-state index contributed by atoms with van der Waals surface area (Å²) >= 11 is 0. The molecule has 9 nitrogen and oxygen atoms in total. The minimum Gasteiger partial charge on any atom is -0.504 e. The predicted molar refractivity (Wildman–Crippen MR) is 99.4 cm³/mol. The minimum absolute atomic E-state index is 0.0842. The number of halogens is 1. The Balaban J connectivity index is 1.95. The fourth-order valence-electron chi connectivity index (χ4n) is 2.76. The quantitative estimate of drug-likeness (QED) is 0.332. The van der Waals surface area contributed by atoms with Crippen molar-refractivity contribution < 1.29 is 28.7 Å². The SMILES string of the molecule is CCOc1cc([N+](=O)[O-])cc(C=C2NC(=O)N(Cc3ccccc3F)C2=O)c1O. The monoisotopic (exact) mass is 401 g/mol. The van der Waals surface area contributed by atoms with Gasteiger partial charge in [-0.05, 0) is 19.1 Å². The first kappa shape index (κ1) is 19.8. The number of hydrogen-bond donors (Lipinski definition) is 2. The molecule has 2 N–H and O–H groups in total. The van der Waals surface area contributed by atoms with Crippen LogP contribution in [0.2, 0.25) is 0 Å². The van der Waals surface area contributed by atoms with Gasteiger partial charge in [-0.1, -0.05) is 18.2 Å². The maximum atomic E-state index is 13.8. The molecule has 2 aromatic carbocycles. The Morgan fingerprint density at radius 2 is 2.03 bits per heavy atom. The summed E-state index contributed by atoms with van der Waals surface area (Å²) in [5.74, 6) is -1.88. The number of nitrogens with one attached hydrogen (secondary N) is 1. The molecule has 29 heavy (non-hydrogen) atoms. The Kier molecular flexibility index (Phi) is 5.44.